The molecule has 0 aliphatic carbocycles. The third-order valence-electron chi connectivity index (χ3n) is 2.65. The molecule has 1 amide bonds. The van der Waals surface area contributed by atoms with Crippen molar-refractivity contribution in [1.82, 2.24) is 0 Å². The first-order chi connectivity index (χ1) is 8.08. The van der Waals surface area contributed by atoms with Crippen LogP contribution < -0.4 is 5.73 Å². The number of nitrogens with two attached hydrogens (primary N) is 1. The molecule has 0 radical (unpaired) electrons. The van der Waals surface area contributed by atoms with Crippen LogP contribution in [0.2, 0.25) is 0 Å². The Hall–Kier alpha value is -0.810. The molecule has 1 aliphatic heterocycles. The Bertz CT molecular complexity index is 492. The second kappa shape index (κ2) is 5.23. The van der Waals surface area contributed by atoms with Gasteiger partial charge in [-0.1, -0.05) is 15.9 Å². The number of hydrogen-bond donors (Lipinski definition) is 1. The molecule has 3 nitrogen and oxygen atoms in total. The first-order valence-electron chi connectivity index (χ1n) is 5.32. The van der Waals surface area contributed by atoms with Crippen LogP contribution in [-0.4, -0.2) is 23.1 Å². The summed E-state index contributed by atoms with van der Waals surface area (Å²) in [6.45, 7) is 1.88. The van der Waals surface area contributed by atoms with Crippen molar-refractivity contribution in [3.05, 3.63) is 27.7 Å². The van der Waals surface area contributed by atoms with Crippen molar-refractivity contribution in [1.29, 1.82) is 0 Å². The Kier molecular flexibility index (Phi) is 3.89. The summed E-state index contributed by atoms with van der Waals surface area (Å²) in [4.78, 5) is 16.2. The smallest absolute Gasteiger partial charge is 0.279 e. The van der Waals surface area contributed by atoms with Gasteiger partial charge < -0.3 is 5.73 Å². The third kappa shape index (κ3) is 2.90. The molecule has 0 aromatic heterocycles. The van der Waals surface area contributed by atoms with Crippen LogP contribution in [0.3, 0.4) is 0 Å². The van der Waals surface area contributed by atoms with Crippen LogP contribution >= 0.6 is 27.7 Å². The maximum Gasteiger partial charge on any atom is 0.279 e. The molecule has 1 fully saturated rings. The summed E-state index contributed by atoms with van der Waals surface area (Å²) in [5, 5.41) is 0. The van der Waals surface area contributed by atoms with Crippen molar-refractivity contribution < 1.29 is 4.79 Å². The number of rotatable bonds is 1. The Balaban J connectivity index is 2.33. The fourth-order valence-electron chi connectivity index (χ4n) is 1.68. The predicted octanol–water partition coefficient (Wildman–Crippen LogP) is 3.06. The van der Waals surface area contributed by atoms with E-state index in [9.17, 15) is 4.79 Å². The number of nitrogen functional groups attached to an aromatic ring is 1. The maximum atomic E-state index is 12.0. The molecule has 1 aliphatic rings. The van der Waals surface area contributed by atoms with Gasteiger partial charge in [-0.15, -0.1) is 0 Å². The van der Waals surface area contributed by atoms with E-state index in [0.29, 0.717) is 11.3 Å². The number of thioether (sulfide) groups is 1. The number of carbonyl (C=O) groups excluding carboxylic acids is 1. The number of nitrogens with zero attached hydrogens (tertiary/aromatic N) is 1. The Morgan fingerprint density at radius 1 is 1.53 bits per heavy atom. The first-order valence-corrected chi connectivity index (χ1v) is 7.27. The molecule has 0 unspecified atom stereocenters. The molecule has 1 aromatic carbocycles. The number of aryl methyl sites for hydroxylation is 1. The van der Waals surface area contributed by atoms with E-state index >= 15 is 0 Å². The van der Waals surface area contributed by atoms with E-state index in [1.807, 2.05) is 13.0 Å². The minimum Gasteiger partial charge on any atom is -0.398 e. The van der Waals surface area contributed by atoms with E-state index in [2.05, 4.69) is 20.9 Å². The Morgan fingerprint density at radius 3 is 2.94 bits per heavy atom. The molecule has 1 saturated heterocycles. The minimum absolute atomic E-state index is 0.232. The van der Waals surface area contributed by atoms with Crippen molar-refractivity contribution in [2.45, 2.75) is 13.3 Å². The number of amides is 1. The molecule has 0 spiro atoms. The zero-order valence-corrected chi connectivity index (χ0v) is 11.9. The number of halogens is 1. The van der Waals surface area contributed by atoms with Gasteiger partial charge in [0.25, 0.3) is 5.91 Å². The van der Waals surface area contributed by atoms with Gasteiger partial charge in [0, 0.05) is 21.6 Å². The highest BCUT2D eigenvalue weighted by molar-refractivity contribution is 9.10. The van der Waals surface area contributed by atoms with Gasteiger partial charge in [-0.25, -0.2) is 4.99 Å². The molecule has 2 rings (SSSR count). The summed E-state index contributed by atoms with van der Waals surface area (Å²) in [6, 6.07) is 3.63. The van der Waals surface area contributed by atoms with Crippen molar-refractivity contribution in [3.63, 3.8) is 0 Å². The van der Waals surface area contributed by atoms with Crippen LogP contribution in [0, 0.1) is 6.92 Å². The number of carbonyl (C=O) groups is 1. The van der Waals surface area contributed by atoms with Crippen LogP contribution in [-0.2, 0) is 0 Å². The van der Waals surface area contributed by atoms with Crippen molar-refractivity contribution in [2.24, 2.45) is 4.99 Å². The van der Waals surface area contributed by atoms with Crippen LogP contribution in [0.5, 0.6) is 0 Å². The molecule has 0 bridgehead atoms. The molecular weight excluding hydrogens is 300 g/mol. The molecule has 5 heteroatoms. The van der Waals surface area contributed by atoms with Crippen molar-refractivity contribution >= 4 is 45.0 Å². The molecule has 17 heavy (non-hydrogen) atoms. The zero-order chi connectivity index (χ0) is 12.4. The van der Waals surface area contributed by atoms with Crippen molar-refractivity contribution in [3.8, 4) is 0 Å². The SMILES string of the molecule is Cc1cc(Br)cc(C(=O)N=C2CCSC2)c1N. The van der Waals surface area contributed by atoms with Gasteiger partial charge in [0.1, 0.15) is 0 Å². The summed E-state index contributed by atoms with van der Waals surface area (Å²) in [7, 11) is 0. The van der Waals surface area contributed by atoms with E-state index < -0.39 is 0 Å². The summed E-state index contributed by atoms with van der Waals surface area (Å²) in [5.41, 5.74) is 8.78. The summed E-state index contributed by atoms with van der Waals surface area (Å²) < 4.78 is 0.855. The van der Waals surface area contributed by atoms with E-state index in [0.717, 1.165) is 33.7 Å². The van der Waals surface area contributed by atoms with E-state index in [1.54, 1.807) is 17.8 Å². The molecular formula is C12H13BrN2OS. The van der Waals surface area contributed by atoms with Gasteiger partial charge in [0.05, 0.1) is 5.56 Å². The summed E-state index contributed by atoms with van der Waals surface area (Å²) in [6.07, 6.45) is 0.906. The molecule has 0 saturated carbocycles. The van der Waals surface area contributed by atoms with Gasteiger partial charge >= 0.3 is 0 Å². The average molecular weight is 313 g/mol. The summed E-state index contributed by atoms with van der Waals surface area (Å²) >= 11 is 5.17. The van der Waals surface area contributed by atoms with Crippen LogP contribution in [0.1, 0.15) is 22.3 Å². The highest BCUT2D eigenvalue weighted by Gasteiger charge is 2.15. The minimum atomic E-state index is -0.232. The Morgan fingerprint density at radius 2 is 2.29 bits per heavy atom. The lowest BCUT2D eigenvalue weighted by atomic mass is 10.1. The van der Waals surface area contributed by atoms with Gasteiger partial charge in [-0.2, -0.15) is 11.8 Å². The van der Waals surface area contributed by atoms with E-state index in [1.165, 1.54) is 0 Å². The second-order valence-electron chi connectivity index (χ2n) is 3.97. The third-order valence-corrected chi connectivity index (χ3v) is 4.13. The van der Waals surface area contributed by atoms with Crippen LogP contribution in [0.15, 0.2) is 21.6 Å². The molecule has 90 valence electrons. The second-order valence-corrected chi connectivity index (χ2v) is 5.99. The average Bonchev–Trinajstić information content (AvgIpc) is 2.76. The lowest BCUT2D eigenvalue weighted by Gasteiger charge is -2.06. The van der Waals surface area contributed by atoms with Gasteiger partial charge in [0.15, 0.2) is 0 Å². The fraction of sp³-hybridized carbons (Fsp3) is 0.333. The fourth-order valence-corrected chi connectivity index (χ4v) is 3.22. The topological polar surface area (TPSA) is 55.5 Å². The van der Waals surface area contributed by atoms with E-state index in [-0.39, 0.29) is 5.91 Å². The summed E-state index contributed by atoms with van der Waals surface area (Å²) in [5.74, 6) is 1.68. The van der Waals surface area contributed by atoms with Gasteiger partial charge in [-0.3, -0.25) is 4.79 Å². The number of anilines is 1. The number of benzene rings is 1. The maximum absolute atomic E-state index is 12.0. The highest BCUT2D eigenvalue weighted by atomic mass is 79.9. The van der Waals surface area contributed by atoms with Crippen molar-refractivity contribution in [2.75, 3.05) is 17.2 Å². The van der Waals surface area contributed by atoms with E-state index in [4.69, 9.17) is 5.73 Å². The Labute approximate surface area is 113 Å². The van der Waals surface area contributed by atoms with Crippen LogP contribution in [0.25, 0.3) is 0 Å². The molecule has 2 N–H and O–H groups in total. The van der Waals surface area contributed by atoms with Crippen LogP contribution in [0.4, 0.5) is 5.69 Å². The highest BCUT2D eigenvalue weighted by Crippen LogP contribution is 2.24. The number of aliphatic imine (C=N–C) groups is 1. The lowest BCUT2D eigenvalue weighted by molar-refractivity contribution is 0.100. The predicted molar refractivity (Wildman–Crippen MR) is 77.0 cm³/mol. The first kappa shape index (κ1) is 12.6. The monoisotopic (exact) mass is 312 g/mol. The largest absolute Gasteiger partial charge is 0.398 e. The molecule has 1 heterocycles. The standard InChI is InChI=1S/C12H13BrN2OS/c1-7-4-8(13)5-10(11(7)14)12(16)15-9-2-3-17-6-9/h4-5H,2-3,6,14H2,1H3. The quantitative estimate of drug-likeness (QED) is 0.811. The van der Waals surface area contributed by atoms with Gasteiger partial charge in [0.2, 0.25) is 0 Å². The molecule has 0 atom stereocenters. The van der Waals surface area contributed by atoms with Gasteiger partial charge in [-0.05, 0) is 36.8 Å². The number of hydrogen-bond acceptors (Lipinski definition) is 3. The lowest BCUT2D eigenvalue weighted by Crippen LogP contribution is -2.07. The zero-order valence-electron chi connectivity index (χ0n) is 9.50. The molecule has 1 aromatic rings. The normalized spacial score (nSPS) is 17.6.